The van der Waals surface area contributed by atoms with Gasteiger partial charge in [-0.05, 0) is 18.9 Å². The van der Waals surface area contributed by atoms with Crippen molar-refractivity contribution in [2.24, 2.45) is 5.92 Å². The fourth-order valence-electron chi connectivity index (χ4n) is 1.83. The average Bonchev–Trinajstić information content (AvgIpc) is 2.71. The molecule has 1 saturated heterocycles. The zero-order valence-electron chi connectivity index (χ0n) is 8.39. The van der Waals surface area contributed by atoms with Crippen molar-refractivity contribution in [3.63, 3.8) is 0 Å². The number of hydrogen-bond acceptors (Lipinski definition) is 4. The Kier molecular flexibility index (Phi) is 2.42. The average molecular weight is 228 g/mol. The number of aryl methyl sites for hydroxylation is 1. The Morgan fingerprint density at radius 3 is 2.67 bits per heavy atom. The van der Waals surface area contributed by atoms with Crippen LogP contribution in [0.1, 0.15) is 22.3 Å². The van der Waals surface area contributed by atoms with Crippen LogP contribution in [-0.2, 0) is 9.84 Å². The fraction of sp³-hybridized carbons (Fsp3) is 0.500. The molecule has 1 aromatic heterocycles. The Labute approximate surface area is 88.2 Å². The van der Waals surface area contributed by atoms with E-state index in [0.717, 1.165) is 5.56 Å². The standard InChI is InChI=1S/C10H12O4S/c1-7-4-14-5-9(7)10(11)8-2-3-15(12,13)6-8/h4-5,8H,2-3,6H2,1H3. The molecule has 1 aromatic rings. The molecule has 0 bridgehead atoms. The molecule has 1 aliphatic rings. The predicted octanol–water partition coefficient (Wildman–Crippen LogP) is 1.21. The molecule has 0 spiro atoms. The smallest absolute Gasteiger partial charge is 0.170 e. The second-order valence-electron chi connectivity index (χ2n) is 3.93. The molecule has 1 unspecified atom stereocenters. The van der Waals surface area contributed by atoms with E-state index in [0.29, 0.717) is 12.0 Å². The van der Waals surface area contributed by atoms with E-state index < -0.39 is 9.84 Å². The molecule has 1 aliphatic heterocycles. The van der Waals surface area contributed by atoms with Gasteiger partial charge in [0.15, 0.2) is 15.6 Å². The number of hydrogen-bond donors (Lipinski definition) is 0. The van der Waals surface area contributed by atoms with Gasteiger partial charge in [-0.2, -0.15) is 0 Å². The van der Waals surface area contributed by atoms with E-state index in [9.17, 15) is 13.2 Å². The normalized spacial score (nSPS) is 24.2. The highest BCUT2D eigenvalue weighted by Crippen LogP contribution is 2.24. The first kappa shape index (κ1) is 10.4. The van der Waals surface area contributed by atoms with Crippen molar-refractivity contribution < 1.29 is 17.6 Å². The first-order valence-corrected chi connectivity index (χ1v) is 6.59. The topological polar surface area (TPSA) is 64.3 Å². The molecule has 0 radical (unpaired) electrons. The molecule has 15 heavy (non-hydrogen) atoms. The molecule has 0 amide bonds. The van der Waals surface area contributed by atoms with Crippen LogP contribution in [0.25, 0.3) is 0 Å². The summed E-state index contributed by atoms with van der Waals surface area (Å²) in [5, 5.41) is 0. The van der Waals surface area contributed by atoms with Gasteiger partial charge in [-0.1, -0.05) is 0 Å². The molecule has 2 heterocycles. The van der Waals surface area contributed by atoms with Crippen LogP contribution in [0.15, 0.2) is 16.9 Å². The van der Waals surface area contributed by atoms with Crippen LogP contribution < -0.4 is 0 Å². The Morgan fingerprint density at radius 2 is 2.20 bits per heavy atom. The lowest BCUT2D eigenvalue weighted by atomic mass is 9.97. The van der Waals surface area contributed by atoms with Gasteiger partial charge in [0.1, 0.15) is 6.26 Å². The van der Waals surface area contributed by atoms with E-state index >= 15 is 0 Å². The molecule has 82 valence electrons. The number of rotatable bonds is 2. The molecule has 2 rings (SSSR count). The van der Waals surface area contributed by atoms with Crippen LogP contribution in [0.2, 0.25) is 0 Å². The zero-order valence-corrected chi connectivity index (χ0v) is 9.21. The van der Waals surface area contributed by atoms with Gasteiger partial charge < -0.3 is 4.42 Å². The molecule has 4 nitrogen and oxygen atoms in total. The van der Waals surface area contributed by atoms with E-state index in [4.69, 9.17) is 4.42 Å². The summed E-state index contributed by atoms with van der Waals surface area (Å²) in [4.78, 5) is 11.9. The maximum absolute atomic E-state index is 11.9. The molecule has 5 heteroatoms. The Hall–Kier alpha value is -1.10. The lowest BCUT2D eigenvalue weighted by Crippen LogP contribution is -2.16. The molecule has 0 saturated carbocycles. The third kappa shape index (κ3) is 1.97. The lowest BCUT2D eigenvalue weighted by molar-refractivity contribution is 0.0932. The SMILES string of the molecule is Cc1cocc1C(=O)C1CCS(=O)(=O)C1. The number of carbonyl (C=O) groups excluding carboxylic acids is 1. The van der Waals surface area contributed by atoms with Crippen LogP contribution in [0.3, 0.4) is 0 Å². The van der Waals surface area contributed by atoms with Crippen LogP contribution in [0, 0.1) is 12.8 Å². The highest BCUT2D eigenvalue weighted by atomic mass is 32.2. The third-order valence-corrected chi connectivity index (χ3v) is 4.49. The highest BCUT2D eigenvalue weighted by Gasteiger charge is 2.34. The Balaban J connectivity index is 2.21. The monoisotopic (exact) mass is 228 g/mol. The van der Waals surface area contributed by atoms with Gasteiger partial charge in [0.25, 0.3) is 0 Å². The number of carbonyl (C=O) groups is 1. The molecule has 0 N–H and O–H groups in total. The summed E-state index contributed by atoms with van der Waals surface area (Å²) < 4.78 is 27.4. The van der Waals surface area contributed by atoms with Crippen molar-refractivity contribution >= 4 is 15.6 Å². The first-order chi connectivity index (χ1) is 6.99. The van der Waals surface area contributed by atoms with E-state index in [2.05, 4.69) is 0 Å². The van der Waals surface area contributed by atoms with Gasteiger partial charge >= 0.3 is 0 Å². The molecular formula is C10H12O4S. The number of ketones is 1. The Bertz CT molecular complexity index is 483. The highest BCUT2D eigenvalue weighted by molar-refractivity contribution is 7.91. The number of Topliss-reactive ketones (excluding diaryl/α,β-unsaturated/α-hetero) is 1. The van der Waals surface area contributed by atoms with Gasteiger partial charge in [0.05, 0.1) is 23.3 Å². The molecule has 1 atom stereocenters. The Morgan fingerprint density at radius 1 is 1.47 bits per heavy atom. The summed E-state index contributed by atoms with van der Waals surface area (Å²) in [6.45, 7) is 1.78. The summed E-state index contributed by atoms with van der Waals surface area (Å²) in [6, 6.07) is 0. The predicted molar refractivity (Wildman–Crippen MR) is 54.5 cm³/mol. The zero-order chi connectivity index (χ0) is 11.1. The number of sulfone groups is 1. The van der Waals surface area contributed by atoms with Crippen molar-refractivity contribution in [3.8, 4) is 0 Å². The lowest BCUT2D eigenvalue weighted by Gasteiger charge is -2.04. The minimum Gasteiger partial charge on any atom is -0.472 e. The molecule has 1 fully saturated rings. The van der Waals surface area contributed by atoms with Crippen molar-refractivity contribution in [2.75, 3.05) is 11.5 Å². The quantitative estimate of drug-likeness (QED) is 0.713. The van der Waals surface area contributed by atoms with Crippen LogP contribution >= 0.6 is 0 Å². The maximum atomic E-state index is 11.9. The van der Waals surface area contributed by atoms with Crippen molar-refractivity contribution in [2.45, 2.75) is 13.3 Å². The first-order valence-electron chi connectivity index (χ1n) is 4.77. The molecular weight excluding hydrogens is 216 g/mol. The summed E-state index contributed by atoms with van der Waals surface area (Å²) in [5.74, 6) is -0.384. The fourth-order valence-corrected chi connectivity index (χ4v) is 3.58. The van der Waals surface area contributed by atoms with Crippen molar-refractivity contribution in [1.29, 1.82) is 0 Å². The maximum Gasteiger partial charge on any atom is 0.170 e. The van der Waals surface area contributed by atoms with E-state index in [1.165, 1.54) is 12.5 Å². The van der Waals surface area contributed by atoms with Crippen molar-refractivity contribution in [1.82, 2.24) is 0 Å². The summed E-state index contributed by atoms with van der Waals surface area (Å²) in [6.07, 6.45) is 3.32. The van der Waals surface area contributed by atoms with E-state index in [1.807, 2.05) is 0 Å². The summed E-state index contributed by atoms with van der Waals surface area (Å²) >= 11 is 0. The minimum atomic E-state index is -3.00. The second-order valence-corrected chi connectivity index (χ2v) is 6.16. The molecule has 0 aromatic carbocycles. The van der Waals surface area contributed by atoms with Gasteiger partial charge in [-0.25, -0.2) is 8.42 Å². The van der Waals surface area contributed by atoms with Gasteiger partial charge in [-0.3, -0.25) is 4.79 Å². The summed E-state index contributed by atoms with van der Waals surface area (Å²) in [5.41, 5.74) is 1.28. The van der Waals surface area contributed by atoms with Crippen LogP contribution in [-0.4, -0.2) is 25.7 Å². The van der Waals surface area contributed by atoms with E-state index in [1.54, 1.807) is 6.92 Å². The van der Waals surface area contributed by atoms with Gasteiger partial charge in [0, 0.05) is 5.92 Å². The van der Waals surface area contributed by atoms with Gasteiger partial charge in [0.2, 0.25) is 0 Å². The largest absolute Gasteiger partial charge is 0.472 e. The minimum absolute atomic E-state index is 0.0174. The van der Waals surface area contributed by atoms with E-state index in [-0.39, 0.29) is 23.2 Å². The van der Waals surface area contributed by atoms with Gasteiger partial charge in [-0.15, -0.1) is 0 Å². The molecule has 0 aliphatic carbocycles. The third-order valence-electron chi connectivity index (χ3n) is 2.72. The van der Waals surface area contributed by atoms with Crippen molar-refractivity contribution in [3.05, 3.63) is 23.7 Å². The summed E-state index contributed by atoms with van der Waals surface area (Å²) in [7, 11) is -3.00. The van der Waals surface area contributed by atoms with Crippen LogP contribution in [0.5, 0.6) is 0 Å². The number of furan rings is 1. The second kappa shape index (κ2) is 3.48. The van der Waals surface area contributed by atoms with Crippen LogP contribution in [0.4, 0.5) is 0 Å².